The van der Waals surface area contributed by atoms with Crippen LogP contribution in [-0.4, -0.2) is 36.7 Å². The van der Waals surface area contributed by atoms with E-state index in [0.29, 0.717) is 17.6 Å². The van der Waals surface area contributed by atoms with Gasteiger partial charge in [-0.25, -0.2) is 0 Å². The lowest BCUT2D eigenvalue weighted by atomic mass is 9.94. The van der Waals surface area contributed by atoms with Crippen molar-refractivity contribution in [2.24, 2.45) is 5.41 Å². The maximum absolute atomic E-state index is 5.59. The molecular weight excluding hydrogens is 162 g/mol. The molecule has 1 rings (SSSR count). The summed E-state index contributed by atoms with van der Waals surface area (Å²) >= 11 is 0. The Morgan fingerprint density at radius 1 is 1.31 bits per heavy atom. The minimum Gasteiger partial charge on any atom is -0.376 e. The van der Waals surface area contributed by atoms with Crippen molar-refractivity contribution < 1.29 is 4.74 Å². The average Bonchev–Trinajstić information content (AvgIpc) is 1.96. The number of rotatable bonds is 1. The van der Waals surface area contributed by atoms with Gasteiger partial charge in [0.2, 0.25) is 0 Å². The second kappa shape index (κ2) is 3.97. The van der Waals surface area contributed by atoms with Gasteiger partial charge in [0.05, 0.1) is 12.7 Å². The maximum Gasteiger partial charge on any atom is 0.0700 e. The third-order valence-corrected chi connectivity index (χ3v) is 2.69. The highest BCUT2D eigenvalue weighted by molar-refractivity contribution is 4.80. The molecule has 0 bridgehead atoms. The first kappa shape index (κ1) is 11.0. The molecule has 2 atom stereocenters. The Hall–Kier alpha value is -0.0800. The summed E-state index contributed by atoms with van der Waals surface area (Å²) in [5.41, 5.74) is 0.394. The van der Waals surface area contributed by atoms with Gasteiger partial charge in [0.1, 0.15) is 0 Å². The molecule has 1 fully saturated rings. The third-order valence-electron chi connectivity index (χ3n) is 2.69. The Labute approximate surface area is 82.3 Å². The minimum atomic E-state index is 0.385. The molecule has 0 aromatic rings. The zero-order valence-corrected chi connectivity index (χ0v) is 9.63. The number of hydrogen-bond donors (Lipinski definition) is 0. The van der Waals surface area contributed by atoms with Crippen LogP contribution in [0, 0.1) is 5.41 Å². The van der Waals surface area contributed by atoms with Crippen molar-refractivity contribution in [1.29, 1.82) is 0 Å². The van der Waals surface area contributed by atoms with Crippen LogP contribution in [0.1, 0.15) is 34.6 Å². The molecule has 0 aromatic carbocycles. The van der Waals surface area contributed by atoms with Crippen molar-refractivity contribution in [3.05, 3.63) is 0 Å². The Morgan fingerprint density at radius 2 is 1.92 bits per heavy atom. The average molecular weight is 185 g/mol. The van der Waals surface area contributed by atoms with E-state index in [2.05, 4.69) is 39.5 Å². The van der Waals surface area contributed by atoms with Crippen LogP contribution in [0.5, 0.6) is 0 Å². The molecule has 0 spiro atoms. The third kappa shape index (κ3) is 3.28. The van der Waals surface area contributed by atoms with Crippen molar-refractivity contribution in [3.63, 3.8) is 0 Å². The van der Waals surface area contributed by atoms with E-state index in [1.54, 1.807) is 0 Å². The fourth-order valence-corrected chi connectivity index (χ4v) is 1.83. The molecule has 0 amide bonds. The first-order valence-electron chi connectivity index (χ1n) is 5.26. The largest absolute Gasteiger partial charge is 0.376 e. The Kier molecular flexibility index (Phi) is 3.36. The molecule has 1 aliphatic heterocycles. The summed E-state index contributed by atoms with van der Waals surface area (Å²) in [6.45, 7) is 14.4. The standard InChI is InChI=1S/C11H23NO/c1-9-10(2)13-7-6-12(9)8-11(3,4)5/h9-10H,6-8H2,1-5H3. The van der Waals surface area contributed by atoms with Crippen LogP contribution < -0.4 is 0 Å². The minimum absolute atomic E-state index is 0.385. The van der Waals surface area contributed by atoms with Crippen molar-refractivity contribution in [2.75, 3.05) is 19.7 Å². The number of morpholine rings is 1. The number of hydrogen-bond acceptors (Lipinski definition) is 2. The number of nitrogens with zero attached hydrogens (tertiary/aromatic N) is 1. The second-order valence-corrected chi connectivity index (χ2v) is 5.35. The van der Waals surface area contributed by atoms with Gasteiger partial charge in [-0.1, -0.05) is 20.8 Å². The van der Waals surface area contributed by atoms with Gasteiger partial charge in [-0.2, -0.15) is 0 Å². The van der Waals surface area contributed by atoms with Gasteiger partial charge < -0.3 is 4.74 Å². The summed E-state index contributed by atoms with van der Waals surface area (Å²) in [6, 6.07) is 0.563. The zero-order valence-electron chi connectivity index (χ0n) is 9.63. The molecule has 0 aliphatic carbocycles. The predicted octanol–water partition coefficient (Wildman–Crippen LogP) is 2.14. The van der Waals surface area contributed by atoms with Gasteiger partial charge in [-0.05, 0) is 19.3 Å². The molecular formula is C11H23NO. The molecule has 2 unspecified atom stereocenters. The zero-order chi connectivity index (χ0) is 10.1. The Morgan fingerprint density at radius 3 is 2.46 bits per heavy atom. The second-order valence-electron chi connectivity index (χ2n) is 5.35. The maximum atomic E-state index is 5.59. The Balaban J connectivity index is 2.49. The molecule has 1 heterocycles. The molecule has 2 heteroatoms. The molecule has 1 aliphatic rings. The van der Waals surface area contributed by atoms with Crippen molar-refractivity contribution >= 4 is 0 Å². The summed E-state index contributed by atoms with van der Waals surface area (Å²) in [5, 5.41) is 0. The summed E-state index contributed by atoms with van der Waals surface area (Å²) in [6.07, 6.45) is 0.385. The van der Waals surface area contributed by atoms with E-state index in [-0.39, 0.29) is 0 Å². The normalized spacial score (nSPS) is 32.1. The summed E-state index contributed by atoms with van der Waals surface area (Å²) in [7, 11) is 0. The molecule has 13 heavy (non-hydrogen) atoms. The lowest BCUT2D eigenvalue weighted by Gasteiger charge is -2.41. The SMILES string of the molecule is CC1OCCN(CC(C)(C)C)C1C. The van der Waals surface area contributed by atoms with Gasteiger partial charge in [0.15, 0.2) is 0 Å². The van der Waals surface area contributed by atoms with Gasteiger partial charge in [-0.3, -0.25) is 4.90 Å². The highest BCUT2D eigenvalue weighted by Gasteiger charge is 2.28. The van der Waals surface area contributed by atoms with Crippen LogP contribution in [0.4, 0.5) is 0 Å². The summed E-state index contributed by atoms with van der Waals surface area (Å²) < 4.78 is 5.59. The van der Waals surface area contributed by atoms with Gasteiger partial charge >= 0.3 is 0 Å². The van der Waals surface area contributed by atoms with E-state index in [0.717, 1.165) is 13.2 Å². The fourth-order valence-electron chi connectivity index (χ4n) is 1.83. The highest BCUT2D eigenvalue weighted by Crippen LogP contribution is 2.20. The van der Waals surface area contributed by atoms with Crippen molar-refractivity contribution in [1.82, 2.24) is 4.90 Å². The van der Waals surface area contributed by atoms with E-state index >= 15 is 0 Å². The predicted molar refractivity (Wildman–Crippen MR) is 55.9 cm³/mol. The Bertz CT molecular complexity index is 162. The van der Waals surface area contributed by atoms with E-state index in [1.165, 1.54) is 6.54 Å². The van der Waals surface area contributed by atoms with Crippen molar-refractivity contribution in [2.45, 2.75) is 46.8 Å². The van der Waals surface area contributed by atoms with Crippen LogP contribution in [-0.2, 0) is 4.74 Å². The van der Waals surface area contributed by atoms with Gasteiger partial charge in [0.25, 0.3) is 0 Å². The smallest absolute Gasteiger partial charge is 0.0700 e. The van der Waals surface area contributed by atoms with Gasteiger partial charge in [0, 0.05) is 19.1 Å². The first-order valence-corrected chi connectivity index (χ1v) is 5.26. The summed E-state index contributed by atoms with van der Waals surface area (Å²) in [5.74, 6) is 0. The van der Waals surface area contributed by atoms with Crippen LogP contribution >= 0.6 is 0 Å². The quantitative estimate of drug-likeness (QED) is 0.620. The number of ether oxygens (including phenoxy) is 1. The molecule has 1 saturated heterocycles. The molecule has 78 valence electrons. The lowest BCUT2D eigenvalue weighted by Crippen LogP contribution is -2.50. The van der Waals surface area contributed by atoms with Crippen molar-refractivity contribution in [3.8, 4) is 0 Å². The summed E-state index contributed by atoms with van der Waals surface area (Å²) in [4.78, 5) is 2.54. The molecule has 2 nitrogen and oxygen atoms in total. The molecule has 0 N–H and O–H groups in total. The molecule has 0 saturated carbocycles. The van der Waals surface area contributed by atoms with E-state index in [1.807, 2.05) is 0 Å². The van der Waals surface area contributed by atoms with Crippen LogP contribution in [0.25, 0.3) is 0 Å². The van der Waals surface area contributed by atoms with Crippen LogP contribution in [0.2, 0.25) is 0 Å². The highest BCUT2D eigenvalue weighted by atomic mass is 16.5. The van der Waals surface area contributed by atoms with Gasteiger partial charge in [-0.15, -0.1) is 0 Å². The van der Waals surface area contributed by atoms with Crippen LogP contribution in [0.3, 0.4) is 0 Å². The van der Waals surface area contributed by atoms with E-state index in [9.17, 15) is 0 Å². The molecule has 0 radical (unpaired) electrons. The topological polar surface area (TPSA) is 12.5 Å². The van der Waals surface area contributed by atoms with Crippen LogP contribution in [0.15, 0.2) is 0 Å². The monoisotopic (exact) mass is 185 g/mol. The molecule has 0 aromatic heterocycles. The van der Waals surface area contributed by atoms with E-state index < -0.39 is 0 Å². The van der Waals surface area contributed by atoms with E-state index in [4.69, 9.17) is 4.74 Å². The first-order chi connectivity index (χ1) is 5.90. The lowest BCUT2D eigenvalue weighted by molar-refractivity contribution is -0.0643. The fraction of sp³-hybridized carbons (Fsp3) is 1.00.